The quantitative estimate of drug-likeness (QED) is 0.693. The Labute approximate surface area is 175 Å². The first-order valence-electron chi connectivity index (χ1n) is 8.88. The van der Waals surface area contributed by atoms with Gasteiger partial charge in [0, 0.05) is 32.7 Å². The Morgan fingerprint density at radius 3 is 2.21 bits per heavy atom. The summed E-state index contributed by atoms with van der Waals surface area (Å²) in [6.45, 7) is 2.23. The van der Waals surface area contributed by atoms with E-state index in [2.05, 4.69) is 4.90 Å². The van der Waals surface area contributed by atoms with E-state index in [1.54, 1.807) is 0 Å². The monoisotopic (exact) mass is 446 g/mol. The zero-order valence-electron chi connectivity index (χ0n) is 15.5. The molecule has 0 aliphatic carbocycles. The summed E-state index contributed by atoms with van der Waals surface area (Å²) in [5, 5.41) is 0. The van der Waals surface area contributed by atoms with Crippen LogP contribution in [0.3, 0.4) is 0 Å². The highest BCUT2D eigenvalue weighted by atomic mass is 35.5. The van der Waals surface area contributed by atoms with E-state index in [1.165, 1.54) is 10.4 Å². The van der Waals surface area contributed by atoms with Crippen LogP contribution in [0.15, 0.2) is 65.6 Å². The third kappa shape index (κ3) is 6.05. The molecule has 29 heavy (non-hydrogen) atoms. The van der Waals surface area contributed by atoms with Gasteiger partial charge in [0.15, 0.2) is 0 Å². The summed E-state index contributed by atoms with van der Waals surface area (Å²) >= 11 is 0. The maximum absolute atomic E-state index is 12.9. The van der Waals surface area contributed by atoms with Crippen molar-refractivity contribution in [2.45, 2.75) is 11.1 Å². The first-order valence-corrected chi connectivity index (χ1v) is 10.3. The summed E-state index contributed by atoms with van der Waals surface area (Å²) in [5.41, 5.74) is 0.131. The van der Waals surface area contributed by atoms with Gasteiger partial charge in [-0.05, 0) is 23.8 Å². The number of halogens is 4. The van der Waals surface area contributed by atoms with E-state index < -0.39 is 21.8 Å². The minimum absolute atomic E-state index is 0. The van der Waals surface area contributed by atoms with Crippen molar-refractivity contribution in [1.82, 2.24) is 9.21 Å². The Kier molecular flexibility index (Phi) is 7.87. The second kappa shape index (κ2) is 9.75. The second-order valence-corrected chi connectivity index (χ2v) is 8.48. The van der Waals surface area contributed by atoms with E-state index in [0.717, 1.165) is 17.7 Å². The van der Waals surface area contributed by atoms with Crippen LogP contribution in [0.5, 0.6) is 0 Å². The van der Waals surface area contributed by atoms with Crippen molar-refractivity contribution in [2.75, 3.05) is 32.7 Å². The maximum atomic E-state index is 12.9. The highest BCUT2D eigenvalue weighted by Gasteiger charge is 2.33. The second-order valence-electron chi connectivity index (χ2n) is 6.54. The number of piperazine rings is 1. The fraction of sp³-hybridized carbons (Fsp3) is 0.300. The molecule has 0 saturated carbocycles. The number of hydrogen-bond donors (Lipinski definition) is 0. The van der Waals surface area contributed by atoms with Crippen LogP contribution in [0.1, 0.15) is 11.1 Å². The van der Waals surface area contributed by atoms with E-state index in [9.17, 15) is 21.6 Å². The van der Waals surface area contributed by atoms with Crippen LogP contribution >= 0.6 is 12.4 Å². The summed E-state index contributed by atoms with van der Waals surface area (Å²) in [7, 11) is -3.94. The van der Waals surface area contributed by atoms with Gasteiger partial charge in [-0.2, -0.15) is 17.5 Å². The Bertz CT molecular complexity index is 926. The van der Waals surface area contributed by atoms with Crippen molar-refractivity contribution in [3.63, 3.8) is 0 Å². The van der Waals surface area contributed by atoms with Gasteiger partial charge < -0.3 is 0 Å². The van der Waals surface area contributed by atoms with Gasteiger partial charge in [-0.1, -0.05) is 48.6 Å². The Balaban J connectivity index is 0.00000300. The SMILES string of the molecule is Cl.O=S(=O)(c1cccc(C(F)(F)F)c1)N1CCN(C/C=C/c2ccccc2)CC1. The molecule has 1 aliphatic rings. The minimum Gasteiger partial charge on any atom is -0.297 e. The molecule has 1 aliphatic heterocycles. The summed E-state index contributed by atoms with van der Waals surface area (Å²) < 4.78 is 65.3. The molecule has 2 aromatic rings. The van der Waals surface area contributed by atoms with Crippen molar-refractivity contribution < 1.29 is 21.6 Å². The minimum atomic E-state index is -4.57. The number of nitrogens with zero attached hydrogens (tertiary/aromatic N) is 2. The number of rotatable bonds is 5. The lowest BCUT2D eigenvalue weighted by Gasteiger charge is -2.33. The lowest BCUT2D eigenvalue weighted by atomic mass is 10.2. The molecule has 4 nitrogen and oxygen atoms in total. The molecule has 3 rings (SSSR count). The predicted octanol–water partition coefficient (Wildman–Crippen LogP) is 4.15. The van der Waals surface area contributed by atoms with Crippen molar-refractivity contribution in [2.24, 2.45) is 0 Å². The lowest BCUT2D eigenvalue weighted by molar-refractivity contribution is -0.137. The van der Waals surface area contributed by atoms with Crippen molar-refractivity contribution in [1.29, 1.82) is 0 Å². The van der Waals surface area contributed by atoms with E-state index in [4.69, 9.17) is 0 Å². The molecular weight excluding hydrogens is 425 g/mol. The molecule has 0 spiro atoms. The Hall–Kier alpha value is -1.87. The average molecular weight is 447 g/mol. The van der Waals surface area contributed by atoms with Crippen molar-refractivity contribution in [3.8, 4) is 0 Å². The standard InChI is InChI=1S/C20H21F3N2O2S.ClH/c21-20(22,23)18-9-4-10-19(16-18)28(26,27)25-14-12-24(13-15-25)11-5-8-17-6-2-1-3-7-17;/h1-10,16H,11-15H2;1H/b8-5+;. The lowest BCUT2D eigenvalue weighted by Crippen LogP contribution is -2.48. The molecule has 158 valence electrons. The van der Waals surface area contributed by atoms with Crippen LogP contribution in [0.2, 0.25) is 0 Å². The van der Waals surface area contributed by atoms with Crippen molar-refractivity contribution in [3.05, 3.63) is 71.8 Å². The molecule has 9 heteroatoms. The smallest absolute Gasteiger partial charge is 0.297 e. The molecule has 0 bridgehead atoms. The van der Waals surface area contributed by atoms with E-state index >= 15 is 0 Å². The van der Waals surface area contributed by atoms with Crippen LogP contribution in [0, 0.1) is 0 Å². The maximum Gasteiger partial charge on any atom is 0.416 e. The van der Waals surface area contributed by atoms with Gasteiger partial charge in [0.05, 0.1) is 10.5 Å². The molecule has 0 amide bonds. The number of hydrogen-bond acceptors (Lipinski definition) is 3. The third-order valence-corrected chi connectivity index (χ3v) is 6.50. The average Bonchev–Trinajstić information content (AvgIpc) is 2.69. The molecule has 0 atom stereocenters. The largest absolute Gasteiger partial charge is 0.416 e. The molecular formula is C20H22ClF3N2O2S. The normalized spacial score (nSPS) is 16.7. The number of alkyl halides is 3. The Morgan fingerprint density at radius 2 is 1.59 bits per heavy atom. The molecule has 1 fully saturated rings. The zero-order chi connectivity index (χ0) is 20.2. The van der Waals surface area contributed by atoms with Crippen molar-refractivity contribution >= 4 is 28.5 Å². The van der Waals surface area contributed by atoms with E-state index in [1.807, 2.05) is 42.5 Å². The topological polar surface area (TPSA) is 40.6 Å². The van der Waals surface area contributed by atoms with E-state index in [0.29, 0.717) is 25.7 Å². The van der Waals surface area contributed by atoms with Gasteiger partial charge in [-0.3, -0.25) is 4.90 Å². The van der Waals surface area contributed by atoms with Crippen LogP contribution in [0.4, 0.5) is 13.2 Å². The van der Waals surface area contributed by atoms with Crippen LogP contribution in [-0.2, 0) is 16.2 Å². The van der Waals surface area contributed by atoms with Gasteiger partial charge in [0.2, 0.25) is 10.0 Å². The highest BCUT2D eigenvalue weighted by Crippen LogP contribution is 2.31. The van der Waals surface area contributed by atoms with Crippen LogP contribution < -0.4 is 0 Å². The molecule has 1 heterocycles. The molecule has 2 aromatic carbocycles. The van der Waals surface area contributed by atoms with Gasteiger partial charge in [-0.25, -0.2) is 8.42 Å². The summed E-state index contributed by atoms with van der Waals surface area (Å²) in [4.78, 5) is 1.79. The molecule has 0 radical (unpaired) electrons. The number of benzene rings is 2. The molecule has 0 unspecified atom stereocenters. The van der Waals surface area contributed by atoms with Gasteiger partial charge in [-0.15, -0.1) is 12.4 Å². The van der Waals surface area contributed by atoms with Gasteiger partial charge in [0.25, 0.3) is 0 Å². The molecule has 0 aromatic heterocycles. The highest BCUT2D eigenvalue weighted by molar-refractivity contribution is 7.89. The third-order valence-electron chi connectivity index (χ3n) is 4.60. The molecule has 1 saturated heterocycles. The predicted molar refractivity (Wildman–Crippen MR) is 109 cm³/mol. The zero-order valence-corrected chi connectivity index (χ0v) is 17.2. The summed E-state index contributed by atoms with van der Waals surface area (Å²) in [6.07, 6.45) is -0.548. The summed E-state index contributed by atoms with van der Waals surface area (Å²) in [5.74, 6) is 0. The number of sulfonamides is 1. The first-order chi connectivity index (χ1) is 13.3. The molecule has 0 N–H and O–H groups in total. The van der Waals surface area contributed by atoms with Gasteiger partial charge in [0.1, 0.15) is 0 Å². The fourth-order valence-electron chi connectivity index (χ4n) is 3.04. The Morgan fingerprint density at radius 1 is 0.931 bits per heavy atom. The van der Waals surface area contributed by atoms with E-state index in [-0.39, 0.29) is 30.4 Å². The van der Waals surface area contributed by atoms with Crippen LogP contribution in [0.25, 0.3) is 6.08 Å². The summed E-state index contributed by atoms with van der Waals surface area (Å²) in [6, 6.07) is 13.8. The first kappa shape index (κ1) is 23.4. The fourth-order valence-corrected chi connectivity index (χ4v) is 4.51. The van der Waals surface area contributed by atoms with Gasteiger partial charge >= 0.3 is 6.18 Å². The van der Waals surface area contributed by atoms with Crippen LogP contribution in [-0.4, -0.2) is 50.3 Å².